The zero-order valence-electron chi connectivity index (χ0n) is 15.3. The van der Waals surface area contributed by atoms with E-state index in [1.165, 1.54) is 25.3 Å². The average molecular weight is 375 g/mol. The molecule has 0 aliphatic carbocycles. The van der Waals surface area contributed by atoms with Gasteiger partial charge >= 0.3 is 0 Å². The molecule has 2 aromatic rings. The van der Waals surface area contributed by atoms with Crippen LogP contribution in [0.1, 0.15) is 28.4 Å². The van der Waals surface area contributed by atoms with Crippen LogP contribution in [-0.4, -0.2) is 38.1 Å². The van der Waals surface area contributed by atoms with E-state index in [0.717, 1.165) is 31.7 Å². The van der Waals surface area contributed by atoms with Crippen LogP contribution in [0, 0.1) is 0 Å². The molecule has 1 N–H and O–H groups in total. The maximum atomic E-state index is 12.9. The molecule has 0 saturated heterocycles. The van der Waals surface area contributed by atoms with Gasteiger partial charge in [-0.15, -0.1) is 0 Å². The Bertz CT molecular complexity index is 823. The molecule has 0 bridgehead atoms. The van der Waals surface area contributed by atoms with Crippen LogP contribution in [0.2, 0.25) is 5.02 Å². The monoisotopic (exact) mass is 374 g/mol. The summed E-state index contributed by atoms with van der Waals surface area (Å²) in [5, 5.41) is 3.39. The first kappa shape index (κ1) is 18.5. The first-order valence-electron chi connectivity index (χ1n) is 8.63. The number of rotatable bonds is 5. The first-order valence-corrected chi connectivity index (χ1v) is 9.01. The van der Waals surface area contributed by atoms with Gasteiger partial charge in [0.15, 0.2) is 0 Å². The molecule has 5 nitrogen and oxygen atoms in total. The second kappa shape index (κ2) is 7.98. The van der Waals surface area contributed by atoms with Crippen molar-refractivity contribution >= 4 is 23.2 Å². The molecular weight excluding hydrogens is 352 g/mol. The maximum Gasteiger partial charge on any atom is 0.259 e. The third kappa shape index (κ3) is 3.64. The van der Waals surface area contributed by atoms with Crippen molar-refractivity contribution in [3.05, 3.63) is 52.0 Å². The molecule has 1 aliphatic heterocycles. The maximum absolute atomic E-state index is 12.9. The second-order valence-electron chi connectivity index (χ2n) is 6.20. The molecule has 1 aliphatic rings. The SMILES string of the molecule is CCN1CCc2c(cccc2NC(=O)c2cc(Cl)c(OC)cc2OC)C1. The number of carbonyl (C=O) groups is 1. The van der Waals surface area contributed by atoms with Gasteiger partial charge in [0, 0.05) is 24.8 Å². The molecule has 26 heavy (non-hydrogen) atoms. The van der Waals surface area contributed by atoms with Crippen LogP contribution in [-0.2, 0) is 13.0 Å². The van der Waals surface area contributed by atoms with Crippen LogP contribution < -0.4 is 14.8 Å². The van der Waals surface area contributed by atoms with E-state index in [1.807, 2.05) is 12.1 Å². The number of halogens is 1. The van der Waals surface area contributed by atoms with Gasteiger partial charge in [-0.25, -0.2) is 0 Å². The largest absolute Gasteiger partial charge is 0.496 e. The van der Waals surface area contributed by atoms with E-state index in [9.17, 15) is 4.79 Å². The molecule has 6 heteroatoms. The van der Waals surface area contributed by atoms with E-state index in [-0.39, 0.29) is 5.91 Å². The summed E-state index contributed by atoms with van der Waals surface area (Å²) in [5.74, 6) is 0.639. The highest BCUT2D eigenvalue weighted by Gasteiger charge is 2.21. The highest BCUT2D eigenvalue weighted by Crippen LogP contribution is 2.33. The summed E-state index contributed by atoms with van der Waals surface area (Å²) in [4.78, 5) is 15.2. The van der Waals surface area contributed by atoms with Gasteiger partial charge in [-0.3, -0.25) is 9.69 Å². The lowest BCUT2D eigenvalue weighted by Gasteiger charge is -2.29. The fourth-order valence-corrected chi connectivity index (χ4v) is 3.52. The number of hydrogen-bond donors (Lipinski definition) is 1. The van der Waals surface area contributed by atoms with Crippen molar-refractivity contribution in [2.24, 2.45) is 0 Å². The molecule has 0 atom stereocenters. The molecule has 1 amide bonds. The fourth-order valence-electron chi connectivity index (χ4n) is 3.28. The predicted octanol–water partition coefficient (Wildman–Crippen LogP) is 3.99. The van der Waals surface area contributed by atoms with Gasteiger partial charge in [0.05, 0.1) is 24.8 Å². The second-order valence-corrected chi connectivity index (χ2v) is 6.61. The third-order valence-electron chi connectivity index (χ3n) is 4.76. The van der Waals surface area contributed by atoms with Gasteiger partial charge in [0.2, 0.25) is 0 Å². The molecule has 0 fully saturated rings. The van der Waals surface area contributed by atoms with Gasteiger partial charge in [0.25, 0.3) is 5.91 Å². The molecule has 3 rings (SSSR count). The van der Waals surface area contributed by atoms with E-state index in [0.29, 0.717) is 22.1 Å². The lowest BCUT2D eigenvalue weighted by atomic mass is 9.97. The van der Waals surface area contributed by atoms with Crippen molar-refractivity contribution in [3.63, 3.8) is 0 Å². The van der Waals surface area contributed by atoms with Crippen LogP contribution >= 0.6 is 11.6 Å². The zero-order valence-corrected chi connectivity index (χ0v) is 16.0. The summed E-state index contributed by atoms with van der Waals surface area (Å²) in [7, 11) is 3.04. The molecule has 1 heterocycles. The summed E-state index contributed by atoms with van der Waals surface area (Å²) in [6.07, 6.45) is 0.917. The van der Waals surface area contributed by atoms with E-state index >= 15 is 0 Å². The van der Waals surface area contributed by atoms with Crippen molar-refractivity contribution in [1.29, 1.82) is 0 Å². The smallest absolute Gasteiger partial charge is 0.259 e. The van der Waals surface area contributed by atoms with E-state index < -0.39 is 0 Å². The van der Waals surface area contributed by atoms with E-state index in [1.54, 1.807) is 12.1 Å². The average Bonchev–Trinajstić information content (AvgIpc) is 2.67. The molecule has 0 spiro atoms. The lowest BCUT2D eigenvalue weighted by molar-refractivity contribution is 0.102. The van der Waals surface area contributed by atoms with Crippen LogP contribution in [0.4, 0.5) is 5.69 Å². The number of nitrogens with zero attached hydrogens (tertiary/aromatic N) is 1. The molecular formula is C20H23ClN2O3. The number of ether oxygens (including phenoxy) is 2. The highest BCUT2D eigenvalue weighted by atomic mass is 35.5. The number of fused-ring (bicyclic) bond motifs is 1. The predicted molar refractivity (Wildman–Crippen MR) is 104 cm³/mol. The third-order valence-corrected chi connectivity index (χ3v) is 5.05. The van der Waals surface area contributed by atoms with Gasteiger partial charge in [0.1, 0.15) is 11.5 Å². The zero-order chi connectivity index (χ0) is 18.7. The molecule has 0 radical (unpaired) electrons. The van der Waals surface area contributed by atoms with Gasteiger partial charge < -0.3 is 14.8 Å². The Hall–Kier alpha value is -2.24. The number of carbonyl (C=O) groups excluding carboxylic acids is 1. The van der Waals surface area contributed by atoms with Gasteiger partial charge in [-0.05, 0) is 36.2 Å². The number of anilines is 1. The minimum absolute atomic E-state index is 0.252. The number of benzene rings is 2. The number of likely N-dealkylation sites (N-methyl/N-ethyl adjacent to an activating group) is 1. The van der Waals surface area contributed by atoms with Crippen LogP contribution in [0.3, 0.4) is 0 Å². The van der Waals surface area contributed by atoms with Crippen molar-refractivity contribution in [2.75, 3.05) is 32.6 Å². The number of hydrogen-bond acceptors (Lipinski definition) is 4. The molecule has 0 aromatic heterocycles. The normalized spacial score (nSPS) is 13.8. The Kier molecular flexibility index (Phi) is 5.69. The Morgan fingerprint density at radius 2 is 2.00 bits per heavy atom. The first-order chi connectivity index (χ1) is 12.6. The molecule has 2 aromatic carbocycles. The Labute approximate surface area is 158 Å². The Balaban J connectivity index is 1.89. The standard InChI is InChI=1S/C20H23ClN2O3/c1-4-23-9-8-14-13(12-23)6-5-7-17(14)22-20(24)15-10-16(21)19(26-3)11-18(15)25-2/h5-7,10-11H,4,8-9,12H2,1-3H3,(H,22,24). The Morgan fingerprint density at radius 1 is 1.23 bits per heavy atom. The van der Waals surface area contributed by atoms with Crippen LogP contribution in [0.15, 0.2) is 30.3 Å². The fraction of sp³-hybridized carbons (Fsp3) is 0.350. The molecule has 138 valence electrons. The van der Waals surface area contributed by atoms with Crippen molar-refractivity contribution in [1.82, 2.24) is 4.90 Å². The minimum Gasteiger partial charge on any atom is -0.496 e. The van der Waals surface area contributed by atoms with Gasteiger partial charge in [-0.2, -0.15) is 0 Å². The van der Waals surface area contributed by atoms with E-state index in [4.69, 9.17) is 21.1 Å². The quantitative estimate of drug-likeness (QED) is 0.859. The van der Waals surface area contributed by atoms with Crippen LogP contribution in [0.5, 0.6) is 11.5 Å². The lowest BCUT2D eigenvalue weighted by Crippen LogP contribution is -2.31. The molecule has 0 unspecified atom stereocenters. The highest BCUT2D eigenvalue weighted by molar-refractivity contribution is 6.32. The van der Waals surface area contributed by atoms with Crippen molar-refractivity contribution in [2.45, 2.75) is 19.9 Å². The molecule has 0 saturated carbocycles. The minimum atomic E-state index is -0.252. The van der Waals surface area contributed by atoms with Crippen molar-refractivity contribution in [3.8, 4) is 11.5 Å². The number of methoxy groups -OCH3 is 2. The summed E-state index contributed by atoms with van der Waals surface area (Å²) in [6.45, 7) is 5.09. The summed E-state index contributed by atoms with van der Waals surface area (Å²) in [5.41, 5.74) is 3.68. The van der Waals surface area contributed by atoms with E-state index in [2.05, 4.69) is 23.2 Å². The summed E-state index contributed by atoms with van der Waals surface area (Å²) < 4.78 is 10.5. The Morgan fingerprint density at radius 3 is 2.69 bits per heavy atom. The summed E-state index contributed by atoms with van der Waals surface area (Å²) >= 11 is 6.19. The van der Waals surface area contributed by atoms with Crippen LogP contribution in [0.25, 0.3) is 0 Å². The number of amides is 1. The summed E-state index contributed by atoms with van der Waals surface area (Å²) in [6, 6.07) is 9.24. The van der Waals surface area contributed by atoms with Gasteiger partial charge in [-0.1, -0.05) is 30.7 Å². The number of nitrogens with one attached hydrogen (secondary N) is 1. The van der Waals surface area contributed by atoms with Crippen molar-refractivity contribution < 1.29 is 14.3 Å². The topological polar surface area (TPSA) is 50.8 Å².